The predicted molar refractivity (Wildman–Crippen MR) is 99.1 cm³/mol. The van der Waals surface area contributed by atoms with Gasteiger partial charge >= 0.3 is 0 Å². The zero-order chi connectivity index (χ0) is 17.1. The minimum Gasteiger partial charge on any atom is -0.459 e. The van der Waals surface area contributed by atoms with Gasteiger partial charge in [0, 0.05) is 11.3 Å². The molecule has 3 heteroatoms. The average Bonchev–Trinajstić information content (AvgIpc) is 3.11. The third kappa shape index (κ3) is 3.36. The van der Waals surface area contributed by atoms with Gasteiger partial charge in [-0.1, -0.05) is 60.7 Å². The van der Waals surface area contributed by atoms with Gasteiger partial charge in [0.2, 0.25) is 5.91 Å². The molecular formula is C22H21NO2. The summed E-state index contributed by atoms with van der Waals surface area (Å²) in [5.41, 5.74) is 1.87. The number of rotatable bonds is 4. The van der Waals surface area contributed by atoms with Crippen LogP contribution in [0.25, 0.3) is 11.0 Å². The average molecular weight is 331 g/mol. The first kappa shape index (κ1) is 15.7. The number of para-hydroxylation sites is 1. The molecule has 126 valence electrons. The maximum Gasteiger partial charge on any atom is 0.224 e. The molecule has 1 N–H and O–H groups in total. The Labute approximate surface area is 147 Å². The number of hydrogen-bond acceptors (Lipinski definition) is 2. The van der Waals surface area contributed by atoms with E-state index in [1.165, 1.54) is 0 Å². The van der Waals surface area contributed by atoms with E-state index < -0.39 is 0 Å². The summed E-state index contributed by atoms with van der Waals surface area (Å²) in [6.45, 7) is 0. The summed E-state index contributed by atoms with van der Waals surface area (Å²) >= 11 is 0. The van der Waals surface area contributed by atoms with Gasteiger partial charge in [0.1, 0.15) is 17.4 Å². The molecule has 0 saturated heterocycles. The summed E-state index contributed by atoms with van der Waals surface area (Å²) in [5.74, 6) is 0.909. The van der Waals surface area contributed by atoms with Crippen molar-refractivity contribution >= 4 is 16.9 Å². The number of benzene rings is 2. The largest absolute Gasteiger partial charge is 0.459 e. The van der Waals surface area contributed by atoms with Crippen LogP contribution in [0.1, 0.15) is 36.6 Å². The number of amides is 1. The predicted octanol–water partition coefficient (Wildman–Crippen LogP) is 4.99. The van der Waals surface area contributed by atoms with Crippen LogP contribution in [-0.4, -0.2) is 5.91 Å². The van der Waals surface area contributed by atoms with Crippen LogP contribution in [0.2, 0.25) is 0 Å². The molecule has 3 aromatic rings. The fraction of sp³-hybridized carbons (Fsp3) is 0.227. The highest BCUT2D eigenvalue weighted by Crippen LogP contribution is 2.29. The van der Waals surface area contributed by atoms with E-state index in [-0.39, 0.29) is 17.9 Å². The zero-order valence-corrected chi connectivity index (χ0v) is 14.0. The Morgan fingerprint density at radius 3 is 2.60 bits per heavy atom. The molecule has 1 aliphatic rings. The topological polar surface area (TPSA) is 42.2 Å². The first-order valence-electron chi connectivity index (χ1n) is 8.80. The number of hydrogen-bond donors (Lipinski definition) is 1. The second-order valence-corrected chi connectivity index (χ2v) is 6.52. The number of carbonyl (C=O) groups is 1. The molecule has 1 amide bonds. The molecule has 0 spiro atoms. The van der Waals surface area contributed by atoms with Crippen molar-refractivity contribution in [2.75, 3.05) is 0 Å². The standard InChI is InChI=1S/C22H21NO2/c24-22(17-11-5-2-6-12-17)23-21(16-9-3-1-4-10-16)20-15-18-13-7-8-14-19(18)25-20/h1-5,7-10,13-15,17,21H,6,11-12H2,(H,23,24)/t17-,21+/m1/s1. The third-order valence-electron chi connectivity index (χ3n) is 4.79. The molecule has 0 radical (unpaired) electrons. The molecule has 0 saturated carbocycles. The van der Waals surface area contributed by atoms with E-state index in [2.05, 4.69) is 17.5 Å². The van der Waals surface area contributed by atoms with E-state index in [1.54, 1.807) is 0 Å². The summed E-state index contributed by atoms with van der Waals surface area (Å²) < 4.78 is 6.04. The Bertz CT molecular complexity index is 862. The smallest absolute Gasteiger partial charge is 0.224 e. The molecule has 0 unspecified atom stereocenters. The lowest BCUT2D eigenvalue weighted by molar-refractivity contribution is -0.125. The Kier molecular flexibility index (Phi) is 4.38. The number of carbonyl (C=O) groups excluding carboxylic acids is 1. The normalized spacial score (nSPS) is 18.2. The highest BCUT2D eigenvalue weighted by atomic mass is 16.3. The number of fused-ring (bicyclic) bond motifs is 1. The first-order valence-corrected chi connectivity index (χ1v) is 8.80. The molecule has 1 heterocycles. The first-order chi connectivity index (χ1) is 12.3. The van der Waals surface area contributed by atoms with Crippen molar-refractivity contribution in [2.24, 2.45) is 5.92 Å². The monoisotopic (exact) mass is 331 g/mol. The summed E-state index contributed by atoms with van der Waals surface area (Å²) in [7, 11) is 0. The number of nitrogens with one attached hydrogen (secondary N) is 1. The molecule has 3 nitrogen and oxygen atoms in total. The van der Waals surface area contributed by atoms with Crippen LogP contribution < -0.4 is 5.32 Å². The van der Waals surface area contributed by atoms with Crippen LogP contribution in [0.4, 0.5) is 0 Å². The van der Waals surface area contributed by atoms with E-state index in [9.17, 15) is 4.79 Å². The van der Waals surface area contributed by atoms with Gasteiger partial charge in [-0.3, -0.25) is 4.79 Å². The molecule has 2 aromatic carbocycles. The molecule has 25 heavy (non-hydrogen) atoms. The van der Waals surface area contributed by atoms with Crippen LogP contribution in [0.3, 0.4) is 0 Å². The second kappa shape index (κ2) is 6.98. The van der Waals surface area contributed by atoms with Crippen molar-refractivity contribution in [1.29, 1.82) is 0 Å². The molecule has 4 rings (SSSR count). The van der Waals surface area contributed by atoms with Crippen molar-refractivity contribution in [2.45, 2.75) is 25.3 Å². The van der Waals surface area contributed by atoms with Crippen LogP contribution in [-0.2, 0) is 4.79 Å². The van der Waals surface area contributed by atoms with Crippen molar-refractivity contribution < 1.29 is 9.21 Å². The number of allylic oxidation sites excluding steroid dienone is 2. The fourth-order valence-corrected chi connectivity index (χ4v) is 3.40. The van der Waals surface area contributed by atoms with Crippen molar-refractivity contribution in [3.8, 4) is 0 Å². The zero-order valence-electron chi connectivity index (χ0n) is 14.0. The summed E-state index contributed by atoms with van der Waals surface area (Å²) in [4.78, 5) is 12.8. The van der Waals surface area contributed by atoms with E-state index in [0.29, 0.717) is 0 Å². The lowest BCUT2D eigenvalue weighted by atomic mass is 9.93. The molecule has 1 aliphatic carbocycles. The third-order valence-corrected chi connectivity index (χ3v) is 4.79. The van der Waals surface area contributed by atoms with E-state index in [1.807, 2.05) is 60.7 Å². The quantitative estimate of drug-likeness (QED) is 0.684. The van der Waals surface area contributed by atoms with Gasteiger partial charge in [-0.2, -0.15) is 0 Å². The van der Waals surface area contributed by atoms with Crippen molar-refractivity contribution in [3.63, 3.8) is 0 Å². The van der Waals surface area contributed by atoms with Gasteiger partial charge < -0.3 is 9.73 Å². The van der Waals surface area contributed by atoms with Gasteiger partial charge in [0.25, 0.3) is 0 Å². The van der Waals surface area contributed by atoms with E-state index in [4.69, 9.17) is 4.42 Å². The highest BCUT2D eigenvalue weighted by Gasteiger charge is 2.25. The van der Waals surface area contributed by atoms with Gasteiger partial charge in [-0.05, 0) is 37.0 Å². The summed E-state index contributed by atoms with van der Waals surface area (Å²) in [6.07, 6.45) is 6.94. The van der Waals surface area contributed by atoms with Crippen LogP contribution >= 0.6 is 0 Å². The molecular weight excluding hydrogens is 310 g/mol. The molecule has 0 aliphatic heterocycles. The van der Waals surface area contributed by atoms with Gasteiger partial charge in [0.15, 0.2) is 0 Å². The fourth-order valence-electron chi connectivity index (χ4n) is 3.40. The molecule has 2 atom stereocenters. The lowest BCUT2D eigenvalue weighted by Gasteiger charge is -2.22. The van der Waals surface area contributed by atoms with Crippen LogP contribution in [0, 0.1) is 5.92 Å². The second-order valence-electron chi connectivity index (χ2n) is 6.52. The lowest BCUT2D eigenvalue weighted by Crippen LogP contribution is -2.34. The maximum absolute atomic E-state index is 12.8. The highest BCUT2D eigenvalue weighted by molar-refractivity contribution is 5.81. The minimum absolute atomic E-state index is 0.0422. The molecule has 1 aromatic heterocycles. The molecule has 0 bridgehead atoms. The van der Waals surface area contributed by atoms with E-state index in [0.717, 1.165) is 41.6 Å². The van der Waals surface area contributed by atoms with Crippen molar-refractivity contribution in [3.05, 3.63) is 84.1 Å². The van der Waals surface area contributed by atoms with Gasteiger partial charge in [-0.25, -0.2) is 0 Å². The van der Waals surface area contributed by atoms with Crippen LogP contribution in [0.15, 0.2) is 77.2 Å². The Morgan fingerprint density at radius 2 is 1.84 bits per heavy atom. The number of furan rings is 1. The SMILES string of the molecule is O=C(N[C@@H](c1ccccc1)c1cc2ccccc2o1)[C@@H]1CC=CCC1. The molecule has 0 fully saturated rings. The Hall–Kier alpha value is -2.81. The Morgan fingerprint density at radius 1 is 1.04 bits per heavy atom. The van der Waals surface area contributed by atoms with Gasteiger partial charge in [-0.15, -0.1) is 0 Å². The van der Waals surface area contributed by atoms with Gasteiger partial charge in [0.05, 0.1) is 0 Å². The van der Waals surface area contributed by atoms with Crippen molar-refractivity contribution in [1.82, 2.24) is 5.32 Å². The summed E-state index contributed by atoms with van der Waals surface area (Å²) in [6, 6.07) is 19.7. The Balaban J connectivity index is 1.66. The maximum atomic E-state index is 12.8. The van der Waals surface area contributed by atoms with Crippen LogP contribution in [0.5, 0.6) is 0 Å². The minimum atomic E-state index is -0.271. The summed E-state index contributed by atoms with van der Waals surface area (Å²) in [5, 5.41) is 4.26. The van der Waals surface area contributed by atoms with E-state index >= 15 is 0 Å².